The van der Waals surface area contributed by atoms with Gasteiger partial charge in [0.15, 0.2) is 0 Å². The van der Waals surface area contributed by atoms with Crippen molar-refractivity contribution in [2.24, 2.45) is 0 Å². The van der Waals surface area contributed by atoms with E-state index < -0.39 is 18.4 Å². The van der Waals surface area contributed by atoms with Gasteiger partial charge in [-0.3, -0.25) is 0 Å². The van der Waals surface area contributed by atoms with Crippen LogP contribution in [0.3, 0.4) is 0 Å². The second-order valence-electron chi connectivity index (χ2n) is 25.2. The molecule has 0 saturated carbocycles. The number of anilines is 18. The van der Waals surface area contributed by atoms with Gasteiger partial charge in [-0.25, -0.2) is 0 Å². The number of rotatable bonds is 12. The van der Waals surface area contributed by atoms with Crippen LogP contribution in [-0.4, -0.2) is 18.4 Å². The standard InChI is InChI=1S/C81H69N6.CH3.Sn/c1-55-10-28-64(29-11-55)82(65-30-12-56(2)13-31-65)73-46-76-52-77(47-73)86(71-42-24-62(8)25-43-71)79-49-75(84(68-36-18-59(5)19-37-68)69-38-20-60(6)21-39-69)51-81(54-79)87(72-44-26-63(9)27-45-72)80-50-74(48-78(53-80)85(76)70-40-22-61(7)23-41-70)83(66-32-14-57(3)15-33-66)67-34-16-58(4)17-35-67;;/h10-51H,1-9H3;1H3;. The normalized spacial score (nSPS) is 13.1. The van der Waals surface area contributed by atoms with E-state index in [1.807, 2.05) is 0 Å². The van der Waals surface area contributed by atoms with Gasteiger partial charge in [0.05, 0.1) is 0 Å². The van der Waals surface area contributed by atoms with E-state index in [0.29, 0.717) is 0 Å². The fourth-order valence-electron chi connectivity index (χ4n) is 14.0. The molecule has 15 rings (SSSR count). The molecule has 0 atom stereocenters. The fourth-order valence-corrected chi connectivity index (χ4v) is 28.0. The summed E-state index contributed by atoms with van der Waals surface area (Å²) < 4.78 is 4.35. The Kier molecular flexibility index (Phi) is 13.7. The predicted molar refractivity (Wildman–Crippen MR) is 381 cm³/mol. The van der Waals surface area contributed by atoms with Gasteiger partial charge in [0, 0.05) is 0 Å². The average Bonchev–Trinajstić information content (AvgIpc) is 0.659. The molecule has 12 aromatic rings. The first kappa shape index (κ1) is 55.8. The third kappa shape index (κ3) is 9.55. The number of hydrogen-bond acceptors (Lipinski definition) is 6. The van der Waals surface area contributed by atoms with Crippen molar-refractivity contribution in [1.82, 2.24) is 0 Å². The number of benzene rings is 12. The number of nitrogens with zero attached hydrogens (tertiary/aromatic N) is 6. The SMILES string of the molecule is Cc1ccc(N(c2ccc(C)cc2)c2cc3[c]4c(c2)N(c2ccc(C)cc2)c2cc(N(c5ccc(C)cc5)c5ccc(C)cc5)cc5[c]2[Sn]4([CH3])[c]2c(cc(N(c4ccc(C)cc4)c4ccc(C)cc4)cc2N5c2ccc(C)cc2)N3c2ccc(C)cc2)cc1. The number of hydrogen-bond donors (Lipinski definition) is 0. The summed E-state index contributed by atoms with van der Waals surface area (Å²) in [7, 11) is 0. The van der Waals surface area contributed by atoms with Crippen molar-refractivity contribution in [3.8, 4) is 0 Å². The van der Waals surface area contributed by atoms with Crippen molar-refractivity contribution < 1.29 is 0 Å². The van der Waals surface area contributed by atoms with E-state index in [1.54, 1.807) is 0 Å². The molecule has 0 amide bonds. The predicted octanol–water partition coefficient (Wildman–Crippen LogP) is 21.3. The van der Waals surface area contributed by atoms with Crippen LogP contribution in [0, 0.1) is 62.3 Å². The van der Waals surface area contributed by atoms with Crippen LogP contribution in [0.4, 0.5) is 102 Å². The van der Waals surface area contributed by atoms with E-state index in [0.717, 1.165) is 68.2 Å². The Morgan fingerprint density at radius 2 is 0.348 bits per heavy atom. The van der Waals surface area contributed by atoms with Crippen LogP contribution in [0.5, 0.6) is 0 Å². The van der Waals surface area contributed by atoms with Crippen molar-refractivity contribution in [3.05, 3.63) is 305 Å². The van der Waals surface area contributed by atoms with Gasteiger partial charge in [-0.2, -0.15) is 0 Å². The third-order valence-electron chi connectivity index (χ3n) is 18.6. The summed E-state index contributed by atoms with van der Waals surface area (Å²) in [6.07, 6.45) is 0. The summed E-state index contributed by atoms with van der Waals surface area (Å²) in [6.45, 7) is 19.7. The minimum atomic E-state index is -4.52. The zero-order valence-electron chi connectivity index (χ0n) is 52.4. The van der Waals surface area contributed by atoms with E-state index >= 15 is 0 Å². The van der Waals surface area contributed by atoms with Crippen LogP contribution in [0.25, 0.3) is 0 Å². The summed E-state index contributed by atoms with van der Waals surface area (Å²) in [5.74, 6) is 0. The van der Waals surface area contributed by atoms with Gasteiger partial charge in [-0.15, -0.1) is 0 Å². The van der Waals surface area contributed by atoms with Crippen LogP contribution >= 0.6 is 0 Å². The molecule has 0 N–H and O–H groups in total. The van der Waals surface area contributed by atoms with Crippen molar-refractivity contribution in [1.29, 1.82) is 0 Å². The monoisotopic (exact) mass is 1260 g/mol. The van der Waals surface area contributed by atoms with Gasteiger partial charge in [-0.1, -0.05) is 0 Å². The van der Waals surface area contributed by atoms with Crippen molar-refractivity contribution >= 4 is 131 Å². The Morgan fingerprint density at radius 1 is 0.202 bits per heavy atom. The molecule has 89 heavy (non-hydrogen) atoms. The third-order valence-corrected chi connectivity index (χ3v) is 31.5. The van der Waals surface area contributed by atoms with Crippen molar-refractivity contribution in [2.45, 2.75) is 67.3 Å². The van der Waals surface area contributed by atoms with Crippen molar-refractivity contribution in [3.63, 3.8) is 0 Å². The molecule has 0 unspecified atom stereocenters. The maximum atomic E-state index is 2.75. The molecule has 0 fully saturated rings. The molecular weight excluding hydrogens is 1190 g/mol. The molecule has 7 heteroatoms. The Balaban J connectivity index is 1.14. The Labute approximate surface area is 529 Å². The van der Waals surface area contributed by atoms with E-state index in [1.165, 1.54) is 94.9 Å². The van der Waals surface area contributed by atoms with Crippen LogP contribution in [0.1, 0.15) is 50.1 Å². The molecule has 12 aromatic carbocycles. The van der Waals surface area contributed by atoms with E-state index in [4.69, 9.17) is 0 Å². The van der Waals surface area contributed by atoms with Gasteiger partial charge >= 0.3 is 533 Å². The minimum absolute atomic E-state index is 1.08. The molecule has 0 aromatic heterocycles. The van der Waals surface area contributed by atoms with Gasteiger partial charge in [0.25, 0.3) is 0 Å². The van der Waals surface area contributed by atoms with Gasteiger partial charge in [0.1, 0.15) is 0 Å². The fraction of sp³-hybridized carbons (Fsp3) is 0.122. The molecular formula is C82H72N6Sn. The average molecular weight is 1260 g/mol. The molecule has 3 heterocycles. The Hall–Kier alpha value is -9.76. The first-order valence-corrected chi connectivity index (χ1v) is 38.3. The van der Waals surface area contributed by atoms with E-state index in [-0.39, 0.29) is 0 Å². The molecule has 0 saturated heterocycles. The van der Waals surface area contributed by atoms with Gasteiger partial charge in [0.2, 0.25) is 0 Å². The first-order chi connectivity index (χ1) is 43.2. The first-order valence-electron chi connectivity index (χ1n) is 31.1. The quantitative estimate of drug-likeness (QED) is 0.113. The van der Waals surface area contributed by atoms with Gasteiger partial charge < -0.3 is 0 Å². The van der Waals surface area contributed by atoms with Gasteiger partial charge in [-0.05, 0) is 0 Å². The van der Waals surface area contributed by atoms with Crippen LogP contribution in [0.15, 0.2) is 255 Å². The maximum absolute atomic E-state index is 4.52. The molecule has 0 bridgehead atoms. The summed E-state index contributed by atoms with van der Waals surface area (Å²) in [4.78, 5) is 18.1. The zero-order chi connectivity index (χ0) is 61.0. The molecule has 3 aliphatic heterocycles. The Bertz CT molecular complexity index is 3980. The topological polar surface area (TPSA) is 19.4 Å². The van der Waals surface area contributed by atoms with Crippen LogP contribution in [-0.2, 0) is 0 Å². The zero-order valence-corrected chi connectivity index (χ0v) is 55.3. The summed E-state index contributed by atoms with van der Waals surface area (Å²) in [5, 5.41) is 0. The molecule has 6 nitrogen and oxygen atoms in total. The second kappa shape index (κ2) is 21.8. The van der Waals surface area contributed by atoms with Crippen LogP contribution in [0.2, 0.25) is 4.94 Å². The van der Waals surface area contributed by atoms with E-state index in [2.05, 4.69) is 351 Å². The molecule has 434 valence electrons. The van der Waals surface area contributed by atoms with Crippen LogP contribution < -0.4 is 40.1 Å². The second-order valence-corrected chi connectivity index (χ2v) is 35.9. The summed E-state index contributed by atoms with van der Waals surface area (Å²) in [6, 6.07) is 97.4. The summed E-state index contributed by atoms with van der Waals surface area (Å²) in [5.41, 5.74) is 31.3. The number of aryl methyl sites for hydroxylation is 9. The molecule has 0 radical (unpaired) electrons. The Morgan fingerprint density at radius 3 is 0.506 bits per heavy atom. The summed E-state index contributed by atoms with van der Waals surface area (Å²) >= 11 is -4.52. The van der Waals surface area contributed by atoms with E-state index in [9.17, 15) is 0 Å². The molecule has 3 aliphatic rings. The van der Waals surface area contributed by atoms with Crippen molar-refractivity contribution in [2.75, 3.05) is 29.4 Å². The molecule has 0 aliphatic carbocycles. The molecule has 0 spiro atoms.